The molecule has 3 rings (SSSR count). The predicted molar refractivity (Wildman–Crippen MR) is 186 cm³/mol. The minimum absolute atomic E-state index is 0.0148. The number of fused-ring (bicyclic) bond motifs is 1. The Morgan fingerprint density at radius 2 is 1.70 bits per heavy atom. The number of alkyl halides is 3. The summed E-state index contributed by atoms with van der Waals surface area (Å²) in [4.78, 5) is 45.3. The van der Waals surface area contributed by atoms with Crippen LogP contribution in [0.4, 0.5) is 29.3 Å². The van der Waals surface area contributed by atoms with Crippen molar-refractivity contribution in [3.8, 4) is 5.75 Å². The maximum Gasteiger partial charge on any atom is 0.416 e. The van der Waals surface area contributed by atoms with Crippen molar-refractivity contribution in [1.82, 2.24) is 14.7 Å². The second kappa shape index (κ2) is 18.9. The number of hydrogen-bond acceptors (Lipinski definition) is 7. The van der Waals surface area contributed by atoms with E-state index in [1.165, 1.54) is 6.07 Å². The second-order valence-corrected chi connectivity index (χ2v) is 13.3. The molecule has 0 unspecified atom stereocenters. The molecule has 50 heavy (non-hydrogen) atoms. The van der Waals surface area contributed by atoms with Gasteiger partial charge in [0.1, 0.15) is 5.75 Å². The number of anilines is 2. The highest BCUT2D eigenvalue weighted by atomic mass is 19.4. The van der Waals surface area contributed by atoms with E-state index in [0.717, 1.165) is 50.1 Å². The number of aliphatic hydroxyl groups excluding tert-OH is 1. The molecule has 2 aromatic rings. The number of rotatable bonds is 10. The van der Waals surface area contributed by atoms with E-state index < -0.39 is 29.7 Å². The highest BCUT2D eigenvalue weighted by Gasteiger charge is 2.32. The largest absolute Gasteiger partial charge is 0.490 e. The van der Waals surface area contributed by atoms with Crippen LogP contribution in [0.3, 0.4) is 0 Å². The van der Waals surface area contributed by atoms with Crippen molar-refractivity contribution in [2.24, 2.45) is 5.92 Å². The first-order valence-corrected chi connectivity index (χ1v) is 17.1. The molecule has 1 aliphatic heterocycles. The summed E-state index contributed by atoms with van der Waals surface area (Å²) >= 11 is 0. The van der Waals surface area contributed by atoms with E-state index in [1.807, 2.05) is 32.8 Å². The molecule has 1 heterocycles. The maximum absolute atomic E-state index is 14.3. The minimum atomic E-state index is -4.50. The smallest absolute Gasteiger partial charge is 0.416 e. The third kappa shape index (κ3) is 12.5. The van der Waals surface area contributed by atoms with Crippen LogP contribution in [0.2, 0.25) is 0 Å². The molecule has 4 atom stereocenters. The van der Waals surface area contributed by atoms with Crippen molar-refractivity contribution >= 4 is 29.2 Å². The Hall–Kier alpha value is -3.88. The lowest BCUT2D eigenvalue weighted by Crippen LogP contribution is -2.48. The van der Waals surface area contributed by atoms with Gasteiger partial charge in [0.15, 0.2) is 0 Å². The SMILES string of the molecule is C[C@H]1CCCCO[C@H](CN(C)C(=O)CCCN(C)C)[C@@H](C)CN([C@@H](C)CO)C(=O)c2cc(NC(=O)Nc3ccc(C(F)(F)F)cc3)ccc2O1. The van der Waals surface area contributed by atoms with Gasteiger partial charge in [-0.2, -0.15) is 13.2 Å². The van der Waals surface area contributed by atoms with Gasteiger partial charge in [-0.1, -0.05) is 6.92 Å². The number of carbonyl (C=O) groups is 3. The van der Waals surface area contributed by atoms with Crippen LogP contribution in [-0.2, 0) is 15.7 Å². The fourth-order valence-corrected chi connectivity index (χ4v) is 5.61. The Balaban J connectivity index is 1.86. The van der Waals surface area contributed by atoms with Crippen LogP contribution in [0, 0.1) is 5.92 Å². The second-order valence-electron chi connectivity index (χ2n) is 13.3. The van der Waals surface area contributed by atoms with Crippen LogP contribution < -0.4 is 15.4 Å². The van der Waals surface area contributed by atoms with Gasteiger partial charge in [0.05, 0.1) is 36.0 Å². The third-order valence-corrected chi connectivity index (χ3v) is 8.66. The first-order valence-electron chi connectivity index (χ1n) is 17.1. The van der Waals surface area contributed by atoms with Gasteiger partial charge >= 0.3 is 12.2 Å². The number of nitrogens with zero attached hydrogens (tertiary/aromatic N) is 3. The first-order chi connectivity index (χ1) is 23.6. The van der Waals surface area contributed by atoms with E-state index in [1.54, 1.807) is 35.9 Å². The molecule has 1 aliphatic rings. The van der Waals surface area contributed by atoms with Gasteiger partial charge in [0.2, 0.25) is 5.91 Å². The van der Waals surface area contributed by atoms with Crippen LogP contribution in [-0.4, -0.2) is 110 Å². The summed E-state index contributed by atoms with van der Waals surface area (Å²) in [6, 6.07) is 7.38. The Bertz CT molecular complexity index is 1410. The van der Waals surface area contributed by atoms with Crippen molar-refractivity contribution in [3.63, 3.8) is 0 Å². The highest BCUT2D eigenvalue weighted by molar-refractivity contribution is 6.02. The van der Waals surface area contributed by atoms with Gasteiger partial charge in [-0.25, -0.2) is 4.79 Å². The standard InChI is InChI=1S/C36H52F3N5O6/c1-24-21-44(25(2)23-45)34(47)30-20-29(41-35(48)40-28-14-12-27(13-15-28)36(37,38)39)16-17-31(30)50-26(3)10-7-8-19-49-32(24)22-43(6)33(46)11-9-18-42(4)5/h12-17,20,24-26,32,45H,7-11,18-19,21-23H2,1-6H3,(H2,40,41,48)/t24-,25-,26-,32+/m0/s1. The number of urea groups is 1. The highest BCUT2D eigenvalue weighted by Crippen LogP contribution is 2.31. The quantitative estimate of drug-likeness (QED) is 0.279. The number of likely N-dealkylation sites (N-methyl/N-ethyl adjacent to an activating group) is 1. The summed E-state index contributed by atoms with van der Waals surface area (Å²) in [5, 5.41) is 15.3. The number of carbonyl (C=O) groups excluding carboxylic acids is 3. The Kier molecular flexibility index (Phi) is 15.3. The number of nitrogens with one attached hydrogen (secondary N) is 2. The lowest BCUT2D eigenvalue weighted by atomic mass is 10.0. The molecule has 278 valence electrons. The molecular weight excluding hydrogens is 655 g/mol. The van der Waals surface area contributed by atoms with Crippen LogP contribution in [0.5, 0.6) is 5.75 Å². The molecule has 0 aromatic heterocycles. The van der Waals surface area contributed by atoms with Gasteiger partial charge in [0.25, 0.3) is 5.91 Å². The topological polar surface area (TPSA) is 124 Å². The van der Waals surface area contributed by atoms with Crippen molar-refractivity contribution in [2.75, 3.05) is 64.6 Å². The molecule has 2 aromatic carbocycles. The van der Waals surface area contributed by atoms with Crippen molar-refractivity contribution in [1.29, 1.82) is 0 Å². The number of hydrogen-bond donors (Lipinski definition) is 3. The van der Waals surface area contributed by atoms with E-state index >= 15 is 0 Å². The number of amides is 4. The molecule has 14 heteroatoms. The summed E-state index contributed by atoms with van der Waals surface area (Å²) in [6.45, 7) is 7.10. The number of halogens is 3. The summed E-state index contributed by atoms with van der Waals surface area (Å²) in [5.41, 5.74) is -0.275. The molecule has 11 nitrogen and oxygen atoms in total. The lowest BCUT2D eigenvalue weighted by molar-refractivity contribution is -0.137. The maximum atomic E-state index is 14.3. The van der Waals surface area contributed by atoms with Gasteiger partial charge < -0.3 is 39.9 Å². The van der Waals surface area contributed by atoms with Crippen molar-refractivity contribution in [3.05, 3.63) is 53.6 Å². The fraction of sp³-hybridized carbons (Fsp3) is 0.583. The fourth-order valence-electron chi connectivity index (χ4n) is 5.61. The van der Waals surface area contributed by atoms with Crippen molar-refractivity contribution in [2.45, 2.75) is 77.3 Å². The Labute approximate surface area is 293 Å². The molecule has 0 bridgehead atoms. The Morgan fingerprint density at radius 1 is 1.04 bits per heavy atom. The van der Waals surface area contributed by atoms with E-state index in [0.29, 0.717) is 31.7 Å². The summed E-state index contributed by atoms with van der Waals surface area (Å²) < 4.78 is 51.4. The Morgan fingerprint density at radius 3 is 2.34 bits per heavy atom. The van der Waals surface area contributed by atoms with Crippen LogP contribution >= 0.6 is 0 Å². The zero-order valence-electron chi connectivity index (χ0n) is 29.9. The van der Waals surface area contributed by atoms with Gasteiger partial charge in [-0.3, -0.25) is 9.59 Å². The molecule has 0 saturated carbocycles. The average Bonchev–Trinajstić information content (AvgIpc) is 3.05. The van der Waals surface area contributed by atoms with Gasteiger partial charge in [-0.05, 0) is 103 Å². The van der Waals surface area contributed by atoms with E-state index in [9.17, 15) is 32.7 Å². The number of benzene rings is 2. The van der Waals surface area contributed by atoms with Gasteiger partial charge in [0, 0.05) is 50.5 Å². The molecule has 0 radical (unpaired) electrons. The van der Waals surface area contributed by atoms with Crippen molar-refractivity contribution < 1.29 is 42.1 Å². The zero-order valence-corrected chi connectivity index (χ0v) is 29.9. The summed E-state index contributed by atoms with van der Waals surface area (Å²) in [5.74, 6) is -0.337. The van der Waals surface area contributed by atoms with Crippen LogP contribution in [0.15, 0.2) is 42.5 Å². The molecule has 3 N–H and O–H groups in total. The van der Waals surface area contributed by atoms with Gasteiger partial charge in [-0.15, -0.1) is 0 Å². The molecule has 0 aliphatic carbocycles. The number of ether oxygens (including phenoxy) is 2. The van der Waals surface area contributed by atoms with Crippen LogP contribution in [0.1, 0.15) is 68.8 Å². The minimum Gasteiger partial charge on any atom is -0.490 e. The molecule has 4 amide bonds. The molecule has 0 saturated heterocycles. The number of aliphatic hydroxyl groups is 1. The normalized spacial score (nSPS) is 19.9. The summed E-state index contributed by atoms with van der Waals surface area (Å²) in [6.07, 6.45) is -1.72. The van der Waals surface area contributed by atoms with E-state index in [-0.39, 0.29) is 54.1 Å². The molecule has 0 spiro atoms. The van der Waals surface area contributed by atoms with E-state index in [2.05, 4.69) is 10.6 Å². The lowest BCUT2D eigenvalue weighted by Gasteiger charge is -2.36. The average molecular weight is 708 g/mol. The zero-order chi connectivity index (χ0) is 37.0. The molecular formula is C36H52F3N5O6. The summed E-state index contributed by atoms with van der Waals surface area (Å²) in [7, 11) is 5.69. The predicted octanol–water partition coefficient (Wildman–Crippen LogP) is 5.95. The third-order valence-electron chi connectivity index (χ3n) is 8.66. The van der Waals surface area contributed by atoms with E-state index in [4.69, 9.17) is 9.47 Å². The molecule has 0 fully saturated rings. The van der Waals surface area contributed by atoms with Crippen LogP contribution in [0.25, 0.3) is 0 Å². The monoisotopic (exact) mass is 707 g/mol. The first kappa shape index (κ1) is 40.5.